The number of methoxy groups -OCH3 is 1. The third-order valence-corrected chi connectivity index (χ3v) is 6.98. The number of likely N-dealkylation sites (N-methyl/N-ethyl adjacent to an activating group) is 1. The lowest BCUT2D eigenvalue weighted by molar-refractivity contribution is 0.0528. The zero-order valence-electron chi connectivity index (χ0n) is 21.5. The Morgan fingerprint density at radius 2 is 1.51 bits per heavy atom. The summed E-state index contributed by atoms with van der Waals surface area (Å²) in [4.78, 5) is 2.37. The molecule has 0 radical (unpaired) electrons. The third-order valence-electron chi connectivity index (χ3n) is 6.98. The fraction of sp³-hybridized carbons (Fsp3) is 0.400. The SMILES string of the molecule is CCN(CC)CCOc1ccc(C2c3ccc(OC)cc3OC(C)(C)C2c2ccccc2)cc1.Cl. The van der Waals surface area contributed by atoms with Crippen molar-refractivity contribution >= 4 is 12.4 Å². The van der Waals surface area contributed by atoms with Crippen molar-refractivity contribution in [3.05, 3.63) is 89.5 Å². The summed E-state index contributed by atoms with van der Waals surface area (Å²) in [7, 11) is 1.69. The summed E-state index contributed by atoms with van der Waals surface area (Å²) in [5, 5.41) is 0. The number of nitrogens with zero attached hydrogens (tertiary/aromatic N) is 1. The first-order valence-electron chi connectivity index (χ1n) is 12.3. The molecule has 0 N–H and O–H groups in total. The second kappa shape index (κ2) is 11.8. The van der Waals surface area contributed by atoms with Crippen molar-refractivity contribution in [3.8, 4) is 17.2 Å². The van der Waals surface area contributed by atoms with E-state index in [4.69, 9.17) is 14.2 Å². The quantitative estimate of drug-likeness (QED) is 0.322. The second-order valence-corrected chi connectivity index (χ2v) is 9.42. The normalized spacial score (nSPS) is 18.2. The van der Waals surface area contributed by atoms with E-state index in [0.717, 1.165) is 36.9 Å². The fourth-order valence-electron chi connectivity index (χ4n) is 5.14. The van der Waals surface area contributed by atoms with E-state index >= 15 is 0 Å². The van der Waals surface area contributed by atoms with Crippen LogP contribution in [0.25, 0.3) is 0 Å². The van der Waals surface area contributed by atoms with Gasteiger partial charge in [-0.05, 0) is 56.3 Å². The smallest absolute Gasteiger partial charge is 0.127 e. The van der Waals surface area contributed by atoms with Crippen molar-refractivity contribution in [1.29, 1.82) is 0 Å². The minimum absolute atomic E-state index is 0. The molecule has 0 bridgehead atoms. The van der Waals surface area contributed by atoms with E-state index in [2.05, 4.69) is 93.3 Å². The van der Waals surface area contributed by atoms with E-state index in [1.807, 2.05) is 12.1 Å². The Morgan fingerprint density at radius 1 is 0.857 bits per heavy atom. The van der Waals surface area contributed by atoms with Crippen LogP contribution in [0.15, 0.2) is 72.8 Å². The molecular weight excluding hydrogens is 458 g/mol. The van der Waals surface area contributed by atoms with Gasteiger partial charge in [-0.15, -0.1) is 12.4 Å². The van der Waals surface area contributed by atoms with Gasteiger partial charge in [-0.3, -0.25) is 0 Å². The number of ether oxygens (including phenoxy) is 3. The summed E-state index contributed by atoms with van der Waals surface area (Å²) < 4.78 is 18.1. The lowest BCUT2D eigenvalue weighted by Gasteiger charge is -2.45. The van der Waals surface area contributed by atoms with E-state index in [1.54, 1.807) is 7.11 Å². The van der Waals surface area contributed by atoms with Crippen LogP contribution in [0.5, 0.6) is 17.2 Å². The molecule has 0 amide bonds. The number of rotatable bonds is 9. The summed E-state index contributed by atoms with van der Waals surface area (Å²) >= 11 is 0. The topological polar surface area (TPSA) is 30.9 Å². The first-order chi connectivity index (χ1) is 16.5. The minimum Gasteiger partial charge on any atom is -0.497 e. The maximum absolute atomic E-state index is 6.59. The predicted molar refractivity (Wildman–Crippen MR) is 146 cm³/mol. The molecule has 5 heteroatoms. The molecule has 0 aromatic heterocycles. The number of benzene rings is 3. The van der Waals surface area contributed by atoms with E-state index < -0.39 is 5.60 Å². The molecule has 1 aliphatic heterocycles. The van der Waals surface area contributed by atoms with Crippen molar-refractivity contribution in [2.24, 2.45) is 0 Å². The van der Waals surface area contributed by atoms with Crippen LogP contribution in [0.3, 0.4) is 0 Å². The minimum atomic E-state index is -0.398. The molecule has 0 aliphatic carbocycles. The molecule has 0 fully saturated rings. The Morgan fingerprint density at radius 3 is 2.14 bits per heavy atom. The molecule has 0 saturated heterocycles. The Balaban J connectivity index is 0.00000342. The highest BCUT2D eigenvalue weighted by molar-refractivity contribution is 5.85. The van der Waals surface area contributed by atoms with Crippen LogP contribution in [0, 0.1) is 0 Å². The van der Waals surface area contributed by atoms with Gasteiger partial charge in [-0.2, -0.15) is 0 Å². The van der Waals surface area contributed by atoms with Gasteiger partial charge >= 0.3 is 0 Å². The summed E-state index contributed by atoms with van der Waals surface area (Å²) in [5.74, 6) is 2.92. The van der Waals surface area contributed by atoms with Crippen LogP contribution >= 0.6 is 12.4 Å². The molecule has 0 spiro atoms. The summed E-state index contributed by atoms with van der Waals surface area (Å²) in [5.41, 5.74) is 3.32. The molecule has 1 heterocycles. The molecule has 1 aliphatic rings. The monoisotopic (exact) mass is 495 g/mol. The number of fused-ring (bicyclic) bond motifs is 1. The van der Waals surface area contributed by atoms with Crippen molar-refractivity contribution in [2.45, 2.75) is 45.1 Å². The zero-order valence-corrected chi connectivity index (χ0v) is 22.3. The van der Waals surface area contributed by atoms with Gasteiger partial charge in [-0.25, -0.2) is 0 Å². The fourth-order valence-corrected chi connectivity index (χ4v) is 5.14. The van der Waals surface area contributed by atoms with Gasteiger partial charge in [0.25, 0.3) is 0 Å². The van der Waals surface area contributed by atoms with Crippen LogP contribution in [-0.2, 0) is 0 Å². The van der Waals surface area contributed by atoms with Gasteiger partial charge < -0.3 is 19.1 Å². The lowest BCUT2D eigenvalue weighted by atomic mass is 9.68. The Bertz CT molecular complexity index is 1060. The van der Waals surface area contributed by atoms with Gasteiger partial charge in [-0.1, -0.05) is 62.4 Å². The molecule has 188 valence electrons. The second-order valence-electron chi connectivity index (χ2n) is 9.42. The van der Waals surface area contributed by atoms with Gasteiger partial charge in [0.05, 0.1) is 7.11 Å². The number of hydrogen-bond acceptors (Lipinski definition) is 4. The Hall–Kier alpha value is -2.69. The zero-order chi connectivity index (χ0) is 24.1. The van der Waals surface area contributed by atoms with Crippen LogP contribution in [-0.4, -0.2) is 43.9 Å². The average Bonchev–Trinajstić information content (AvgIpc) is 2.86. The lowest BCUT2D eigenvalue weighted by Crippen LogP contribution is -2.43. The van der Waals surface area contributed by atoms with Gasteiger partial charge in [0.2, 0.25) is 0 Å². The van der Waals surface area contributed by atoms with Gasteiger partial charge in [0.1, 0.15) is 29.5 Å². The van der Waals surface area contributed by atoms with Gasteiger partial charge in [0, 0.05) is 30.0 Å². The van der Waals surface area contributed by atoms with Gasteiger partial charge in [0.15, 0.2) is 0 Å². The van der Waals surface area contributed by atoms with E-state index in [-0.39, 0.29) is 24.2 Å². The van der Waals surface area contributed by atoms with Crippen molar-refractivity contribution < 1.29 is 14.2 Å². The molecule has 4 rings (SSSR count). The largest absolute Gasteiger partial charge is 0.497 e. The third kappa shape index (κ3) is 5.94. The maximum atomic E-state index is 6.59. The average molecular weight is 496 g/mol. The first kappa shape index (κ1) is 26.9. The van der Waals surface area contributed by atoms with E-state index in [0.29, 0.717) is 6.61 Å². The molecule has 3 aromatic carbocycles. The van der Waals surface area contributed by atoms with Crippen LogP contribution in [0.4, 0.5) is 0 Å². The molecule has 0 saturated carbocycles. The predicted octanol–water partition coefficient (Wildman–Crippen LogP) is 6.92. The van der Waals surface area contributed by atoms with E-state index in [1.165, 1.54) is 16.7 Å². The highest BCUT2D eigenvalue weighted by Crippen LogP contribution is 2.53. The molecule has 2 atom stereocenters. The molecule has 4 nitrogen and oxygen atoms in total. The number of hydrogen-bond donors (Lipinski definition) is 0. The van der Waals surface area contributed by atoms with Crippen molar-refractivity contribution in [2.75, 3.05) is 33.4 Å². The molecular formula is C30H38ClNO3. The summed E-state index contributed by atoms with van der Waals surface area (Å²) in [6, 6.07) is 25.5. The summed E-state index contributed by atoms with van der Waals surface area (Å²) in [6.07, 6.45) is 0. The van der Waals surface area contributed by atoms with Crippen molar-refractivity contribution in [1.82, 2.24) is 4.90 Å². The highest BCUT2D eigenvalue weighted by Gasteiger charge is 2.45. The highest BCUT2D eigenvalue weighted by atomic mass is 35.5. The Kier molecular flexibility index (Phi) is 9.09. The molecule has 35 heavy (non-hydrogen) atoms. The van der Waals surface area contributed by atoms with Crippen LogP contribution < -0.4 is 14.2 Å². The van der Waals surface area contributed by atoms with Crippen LogP contribution in [0.1, 0.15) is 56.2 Å². The standard InChI is InChI=1S/C30H37NO3.ClH/c1-6-31(7-2)19-20-33-24-15-13-22(14-16-24)28-26-18-17-25(32-5)21-27(26)34-30(3,4)29(28)23-11-9-8-10-12-23;/h8-18,21,28-29H,6-7,19-20H2,1-5H3;1H. The first-order valence-corrected chi connectivity index (χ1v) is 12.3. The van der Waals surface area contributed by atoms with Crippen molar-refractivity contribution in [3.63, 3.8) is 0 Å². The number of halogens is 1. The molecule has 3 aromatic rings. The van der Waals surface area contributed by atoms with Crippen LogP contribution in [0.2, 0.25) is 0 Å². The van der Waals surface area contributed by atoms with E-state index in [9.17, 15) is 0 Å². The molecule has 2 unspecified atom stereocenters. The Labute approximate surface area is 216 Å². The maximum Gasteiger partial charge on any atom is 0.127 e. The summed E-state index contributed by atoms with van der Waals surface area (Å²) in [6.45, 7) is 12.5.